The van der Waals surface area contributed by atoms with E-state index in [1.807, 2.05) is 13.8 Å². The van der Waals surface area contributed by atoms with Crippen LogP contribution in [0.2, 0.25) is 0 Å². The summed E-state index contributed by atoms with van der Waals surface area (Å²) in [5.41, 5.74) is 0. The summed E-state index contributed by atoms with van der Waals surface area (Å²) in [7, 11) is 0. The van der Waals surface area contributed by atoms with Crippen LogP contribution in [0.5, 0.6) is 0 Å². The highest BCUT2D eigenvalue weighted by molar-refractivity contribution is 6.17. The second-order valence-corrected chi connectivity index (χ2v) is 2.90. The van der Waals surface area contributed by atoms with Crippen LogP contribution in [0.25, 0.3) is 0 Å². The predicted octanol–water partition coefficient (Wildman–Crippen LogP) is 2.96. The van der Waals surface area contributed by atoms with Gasteiger partial charge in [0.15, 0.2) is 6.29 Å². The Balaban J connectivity index is 3.54. The molecule has 0 aromatic heterocycles. The molecule has 0 saturated heterocycles. The summed E-state index contributed by atoms with van der Waals surface area (Å²) in [6.45, 7) is 5.31. The molecule has 0 rings (SSSR count). The van der Waals surface area contributed by atoms with Crippen LogP contribution >= 0.6 is 11.6 Å². The standard InChI is InChI=1S/C10H19ClO2/c1-3-12-10(13-4-2)8-6-5-7-9-11/h5-6,10H,3-4,7-9H2,1-2H3/b6-5-. The van der Waals surface area contributed by atoms with Gasteiger partial charge < -0.3 is 9.47 Å². The van der Waals surface area contributed by atoms with Crippen molar-refractivity contribution in [3.8, 4) is 0 Å². The van der Waals surface area contributed by atoms with Crippen molar-refractivity contribution in [1.29, 1.82) is 0 Å². The molecule has 0 fully saturated rings. The van der Waals surface area contributed by atoms with Crippen LogP contribution in [0.4, 0.5) is 0 Å². The number of hydrogen-bond donors (Lipinski definition) is 0. The quantitative estimate of drug-likeness (QED) is 0.345. The predicted molar refractivity (Wildman–Crippen MR) is 56.1 cm³/mol. The van der Waals surface area contributed by atoms with E-state index in [9.17, 15) is 0 Å². The molecule has 0 amide bonds. The number of allylic oxidation sites excluding steroid dienone is 1. The molecule has 0 aliphatic heterocycles. The smallest absolute Gasteiger partial charge is 0.160 e. The molecule has 0 aromatic carbocycles. The molecule has 0 aliphatic rings. The monoisotopic (exact) mass is 206 g/mol. The van der Waals surface area contributed by atoms with Crippen LogP contribution < -0.4 is 0 Å². The molecule has 78 valence electrons. The summed E-state index contributed by atoms with van der Waals surface area (Å²) in [6, 6.07) is 0. The zero-order valence-electron chi connectivity index (χ0n) is 8.46. The highest BCUT2D eigenvalue weighted by Gasteiger charge is 2.03. The van der Waals surface area contributed by atoms with E-state index in [2.05, 4.69) is 12.2 Å². The van der Waals surface area contributed by atoms with Gasteiger partial charge in [-0.25, -0.2) is 0 Å². The molecule has 0 aliphatic carbocycles. The fourth-order valence-corrected chi connectivity index (χ4v) is 1.07. The molecule has 0 N–H and O–H groups in total. The van der Waals surface area contributed by atoms with E-state index < -0.39 is 0 Å². The third kappa shape index (κ3) is 8.28. The highest BCUT2D eigenvalue weighted by Crippen LogP contribution is 2.02. The van der Waals surface area contributed by atoms with Crippen LogP contribution in [0.3, 0.4) is 0 Å². The first-order valence-electron chi connectivity index (χ1n) is 4.79. The summed E-state index contributed by atoms with van der Waals surface area (Å²) < 4.78 is 10.7. The van der Waals surface area contributed by atoms with Gasteiger partial charge in [-0.1, -0.05) is 12.2 Å². The summed E-state index contributed by atoms with van der Waals surface area (Å²) in [4.78, 5) is 0. The molecule has 0 bridgehead atoms. The van der Waals surface area contributed by atoms with E-state index >= 15 is 0 Å². The van der Waals surface area contributed by atoms with Gasteiger partial charge >= 0.3 is 0 Å². The third-order valence-corrected chi connectivity index (χ3v) is 1.69. The average molecular weight is 207 g/mol. The van der Waals surface area contributed by atoms with Crippen molar-refractivity contribution in [3.63, 3.8) is 0 Å². The SMILES string of the molecule is CCOC(C/C=C\CCCl)OCC. The Morgan fingerprint density at radius 2 is 1.77 bits per heavy atom. The lowest BCUT2D eigenvalue weighted by Gasteiger charge is -2.14. The van der Waals surface area contributed by atoms with Crippen molar-refractivity contribution in [2.75, 3.05) is 19.1 Å². The lowest BCUT2D eigenvalue weighted by molar-refractivity contribution is -0.133. The van der Waals surface area contributed by atoms with Gasteiger partial charge in [0.1, 0.15) is 0 Å². The molecular formula is C10H19ClO2. The van der Waals surface area contributed by atoms with Gasteiger partial charge in [-0.3, -0.25) is 0 Å². The number of halogens is 1. The molecular weight excluding hydrogens is 188 g/mol. The molecule has 0 unspecified atom stereocenters. The van der Waals surface area contributed by atoms with E-state index in [-0.39, 0.29) is 6.29 Å². The Bertz CT molecular complexity index is 120. The van der Waals surface area contributed by atoms with Crippen LogP contribution in [0.15, 0.2) is 12.2 Å². The second kappa shape index (κ2) is 10.0. The first-order chi connectivity index (χ1) is 6.35. The minimum absolute atomic E-state index is 0.0958. The topological polar surface area (TPSA) is 18.5 Å². The minimum atomic E-state index is -0.0958. The van der Waals surface area contributed by atoms with Gasteiger partial charge in [-0.2, -0.15) is 0 Å². The molecule has 2 nitrogen and oxygen atoms in total. The van der Waals surface area contributed by atoms with Gasteiger partial charge in [-0.05, 0) is 20.3 Å². The van der Waals surface area contributed by atoms with E-state index in [4.69, 9.17) is 21.1 Å². The van der Waals surface area contributed by atoms with Gasteiger partial charge in [0, 0.05) is 25.5 Å². The Hall–Kier alpha value is -0.0500. The Labute approximate surface area is 85.9 Å². The van der Waals surface area contributed by atoms with Crippen molar-refractivity contribution in [2.45, 2.75) is 33.0 Å². The van der Waals surface area contributed by atoms with Crippen LogP contribution in [-0.4, -0.2) is 25.4 Å². The van der Waals surface area contributed by atoms with Crippen LogP contribution in [-0.2, 0) is 9.47 Å². The maximum absolute atomic E-state index is 5.53. The summed E-state index contributed by atoms with van der Waals surface area (Å²) >= 11 is 5.53. The van der Waals surface area contributed by atoms with Crippen molar-refractivity contribution < 1.29 is 9.47 Å². The maximum Gasteiger partial charge on any atom is 0.160 e. The molecule has 0 aromatic rings. The Morgan fingerprint density at radius 1 is 1.15 bits per heavy atom. The first kappa shape index (κ1) is 12.9. The zero-order valence-corrected chi connectivity index (χ0v) is 9.22. The zero-order chi connectivity index (χ0) is 9.94. The first-order valence-corrected chi connectivity index (χ1v) is 5.32. The number of rotatable bonds is 8. The van der Waals surface area contributed by atoms with Crippen LogP contribution in [0, 0.1) is 0 Å². The van der Waals surface area contributed by atoms with Crippen molar-refractivity contribution in [3.05, 3.63) is 12.2 Å². The lowest BCUT2D eigenvalue weighted by atomic mass is 10.3. The molecule has 0 heterocycles. The molecule has 0 atom stereocenters. The number of ether oxygens (including phenoxy) is 2. The molecule has 3 heteroatoms. The fourth-order valence-electron chi connectivity index (χ4n) is 0.944. The summed E-state index contributed by atoms with van der Waals surface area (Å²) in [6.07, 6.45) is 5.73. The summed E-state index contributed by atoms with van der Waals surface area (Å²) in [5, 5.41) is 0. The summed E-state index contributed by atoms with van der Waals surface area (Å²) in [5.74, 6) is 0.671. The normalized spacial score (nSPS) is 11.7. The fraction of sp³-hybridized carbons (Fsp3) is 0.800. The Morgan fingerprint density at radius 3 is 2.23 bits per heavy atom. The van der Waals surface area contributed by atoms with Gasteiger partial charge in [-0.15, -0.1) is 11.6 Å². The van der Waals surface area contributed by atoms with Crippen molar-refractivity contribution in [2.24, 2.45) is 0 Å². The van der Waals surface area contributed by atoms with Gasteiger partial charge in [0.2, 0.25) is 0 Å². The second-order valence-electron chi connectivity index (χ2n) is 2.53. The van der Waals surface area contributed by atoms with E-state index in [1.165, 1.54) is 0 Å². The maximum atomic E-state index is 5.53. The third-order valence-electron chi connectivity index (χ3n) is 1.48. The highest BCUT2D eigenvalue weighted by atomic mass is 35.5. The van der Waals surface area contributed by atoms with Gasteiger partial charge in [0.25, 0.3) is 0 Å². The molecule has 0 saturated carbocycles. The molecule has 13 heavy (non-hydrogen) atoms. The van der Waals surface area contributed by atoms with E-state index in [1.54, 1.807) is 0 Å². The van der Waals surface area contributed by atoms with E-state index in [0.717, 1.165) is 12.8 Å². The van der Waals surface area contributed by atoms with Crippen molar-refractivity contribution in [1.82, 2.24) is 0 Å². The average Bonchev–Trinajstić information content (AvgIpc) is 2.13. The van der Waals surface area contributed by atoms with E-state index in [0.29, 0.717) is 19.1 Å². The Kier molecular flexibility index (Phi) is 10.00. The van der Waals surface area contributed by atoms with Gasteiger partial charge in [0.05, 0.1) is 0 Å². The molecule has 0 spiro atoms. The lowest BCUT2D eigenvalue weighted by Crippen LogP contribution is -2.16. The number of hydrogen-bond acceptors (Lipinski definition) is 2. The largest absolute Gasteiger partial charge is 0.353 e. The van der Waals surface area contributed by atoms with Crippen molar-refractivity contribution >= 4 is 11.6 Å². The number of alkyl halides is 1. The molecule has 0 radical (unpaired) electrons. The van der Waals surface area contributed by atoms with Crippen LogP contribution in [0.1, 0.15) is 26.7 Å². The minimum Gasteiger partial charge on any atom is -0.353 e.